The maximum Gasteiger partial charge on any atom is 0.197 e. The van der Waals surface area contributed by atoms with E-state index < -0.39 is 0 Å². The summed E-state index contributed by atoms with van der Waals surface area (Å²) >= 11 is 0. The van der Waals surface area contributed by atoms with Crippen LogP contribution in [0.25, 0.3) is 27.8 Å². The second-order valence-electron chi connectivity index (χ2n) is 10.0. The number of nitrogens with one attached hydrogen (secondary N) is 1. The molecule has 0 bridgehead atoms. The van der Waals surface area contributed by atoms with Crippen molar-refractivity contribution in [2.24, 2.45) is 5.92 Å². The molecule has 1 saturated carbocycles. The Kier molecular flexibility index (Phi) is 6.15. The number of methoxy groups -OCH3 is 1. The quantitative estimate of drug-likeness (QED) is 0.336. The molecule has 6 nitrogen and oxygen atoms in total. The standard InChI is InChI=1S/C28H34N4O2/c1-5-22(33)12-18-6-8-19(9-7-18)20-10-11-24-23(13-20)26(17(2)3)27(31-24)21-14-25(34-4)28-29-16-30-32(28)15-21/h10-11,13-19,31H,5-9,12H2,1-4H3. The van der Waals surface area contributed by atoms with Crippen LogP contribution in [0.5, 0.6) is 5.75 Å². The summed E-state index contributed by atoms with van der Waals surface area (Å²) in [5.74, 6) is 2.61. The van der Waals surface area contributed by atoms with Gasteiger partial charge in [0.2, 0.25) is 0 Å². The molecule has 0 unspecified atom stereocenters. The van der Waals surface area contributed by atoms with Gasteiger partial charge >= 0.3 is 0 Å². The normalized spacial score (nSPS) is 18.7. The Morgan fingerprint density at radius 2 is 2.00 bits per heavy atom. The number of carbonyl (C=O) groups excluding carboxylic acids is 1. The lowest BCUT2D eigenvalue weighted by Gasteiger charge is -2.28. The summed E-state index contributed by atoms with van der Waals surface area (Å²) in [7, 11) is 1.67. The number of aromatic amines is 1. The third kappa shape index (κ3) is 4.10. The van der Waals surface area contributed by atoms with E-state index >= 15 is 0 Å². The van der Waals surface area contributed by atoms with Crippen molar-refractivity contribution in [2.45, 2.75) is 71.1 Å². The number of rotatable bonds is 7. The lowest BCUT2D eigenvalue weighted by atomic mass is 9.76. The minimum atomic E-state index is 0.354. The predicted octanol–water partition coefficient (Wildman–Crippen LogP) is 6.65. The largest absolute Gasteiger partial charge is 0.493 e. The van der Waals surface area contributed by atoms with E-state index in [-0.39, 0.29) is 0 Å². The van der Waals surface area contributed by atoms with Gasteiger partial charge in [0.15, 0.2) is 11.4 Å². The van der Waals surface area contributed by atoms with Gasteiger partial charge in [-0.2, -0.15) is 5.10 Å². The molecular weight excluding hydrogens is 424 g/mol. The maximum absolute atomic E-state index is 11.9. The zero-order valence-corrected chi connectivity index (χ0v) is 20.6. The molecule has 3 aromatic heterocycles. The van der Waals surface area contributed by atoms with E-state index in [0.29, 0.717) is 41.4 Å². The summed E-state index contributed by atoms with van der Waals surface area (Å²) in [6.07, 6.45) is 9.64. The Morgan fingerprint density at radius 3 is 2.71 bits per heavy atom. The summed E-state index contributed by atoms with van der Waals surface area (Å²) in [6, 6.07) is 8.96. The number of Topliss-reactive ketones (excluding diaryl/α,β-unsaturated/α-hetero) is 1. The Labute approximate surface area is 200 Å². The van der Waals surface area contributed by atoms with Crippen LogP contribution in [-0.2, 0) is 4.79 Å². The highest BCUT2D eigenvalue weighted by molar-refractivity contribution is 5.92. The minimum Gasteiger partial charge on any atom is -0.493 e. The molecule has 1 aliphatic rings. The topological polar surface area (TPSA) is 72.3 Å². The van der Waals surface area contributed by atoms with Gasteiger partial charge in [0, 0.05) is 35.5 Å². The lowest BCUT2D eigenvalue weighted by Crippen LogP contribution is -2.16. The summed E-state index contributed by atoms with van der Waals surface area (Å²) in [4.78, 5) is 19.9. The van der Waals surface area contributed by atoms with Crippen LogP contribution in [0.3, 0.4) is 0 Å². The number of aromatic nitrogens is 4. The molecule has 6 heteroatoms. The van der Waals surface area contributed by atoms with Gasteiger partial charge in [-0.15, -0.1) is 0 Å². The Morgan fingerprint density at radius 1 is 1.21 bits per heavy atom. The van der Waals surface area contributed by atoms with Gasteiger partial charge < -0.3 is 9.72 Å². The number of hydrogen-bond donors (Lipinski definition) is 1. The maximum atomic E-state index is 11.9. The van der Waals surface area contributed by atoms with Crippen molar-refractivity contribution in [1.29, 1.82) is 0 Å². The molecule has 1 aliphatic carbocycles. The van der Waals surface area contributed by atoms with E-state index in [4.69, 9.17) is 4.74 Å². The zero-order valence-electron chi connectivity index (χ0n) is 20.6. The Bertz CT molecular complexity index is 1330. The Hall–Kier alpha value is -3.15. The molecule has 0 spiro atoms. The molecular formula is C28H34N4O2. The van der Waals surface area contributed by atoms with Gasteiger partial charge in [-0.3, -0.25) is 4.79 Å². The number of carbonyl (C=O) groups is 1. The first kappa shape index (κ1) is 22.6. The second-order valence-corrected chi connectivity index (χ2v) is 10.0. The molecule has 1 aromatic carbocycles. The smallest absolute Gasteiger partial charge is 0.197 e. The number of H-pyrrole nitrogens is 1. The highest BCUT2D eigenvalue weighted by atomic mass is 16.5. The van der Waals surface area contributed by atoms with Gasteiger partial charge in [0.05, 0.1) is 12.8 Å². The molecule has 0 aliphatic heterocycles. The van der Waals surface area contributed by atoms with E-state index in [1.54, 1.807) is 18.0 Å². The van der Waals surface area contributed by atoms with Crippen LogP contribution in [0.4, 0.5) is 0 Å². The van der Waals surface area contributed by atoms with Crippen LogP contribution in [0, 0.1) is 5.92 Å². The third-order valence-electron chi connectivity index (χ3n) is 7.52. The van der Waals surface area contributed by atoms with E-state index in [2.05, 4.69) is 47.1 Å². The van der Waals surface area contributed by atoms with Gasteiger partial charge in [0.1, 0.15) is 12.1 Å². The van der Waals surface area contributed by atoms with Crippen LogP contribution in [0.2, 0.25) is 0 Å². The van der Waals surface area contributed by atoms with E-state index in [9.17, 15) is 4.79 Å². The molecule has 3 heterocycles. The fourth-order valence-electron chi connectivity index (χ4n) is 5.66. The molecule has 34 heavy (non-hydrogen) atoms. The lowest BCUT2D eigenvalue weighted by molar-refractivity contribution is -0.119. The van der Waals surface area contributed by atoms with Gasteiger partial charge in [-0.25, -0.2) is 9.50 Å². The highest BCUT2D eigenvalue weighted by Crippen LogP contribution is 2.41. The van der Waals surface area contributed by atoms with Crippen molar-refractivity contribution < 1.29 is 9.53 Å². The van der Waals surface area contributed by atoms with Gasteiger partial charge in [0.25, 0.3) is 0 Å². The summed E-state index contributed by atoms with van der Waals surface area (Å²) < 4.78 is 7.38. The van der Waals surface area contributed by atoms with Crippen molar-refractivity contribution in [3.8, 4) is 17.0 Å². The summed E-state index contributed by atoms with van der Waals surface area (Å²) in [5, 5.41) is 5.63. The number of hydrogen-bond acceptors (Lipinski definition) is 4. The van der Waals surface area contributed by atoms with Crippen LogP contribution < -0.4 is 4.74 Å². The predicted molar refractivity (Wildman–Crippen MR) is 136 cm³/mol. The molecule has 0 radical (unpaired) electrons. The second kappa shape index (κ2) is 9.24. The molecule has 1 fully saturated rings. The molecule has 0 amide bonds. The first-order chi connectivity index (χ1) is 16.5. The average molecular weight is 459 g/mol. The van der Waals surface area contributed by atoms with Crippen molar-refractivity contribution in [3.63, 3.8) is 0 Å². The first-order valence-electron chi connectivity index (χ1n) is 12.5. The zero-order chi connectivity index (χ0) is 23.8. The van der Waals surface area contributed by atoms with Crippen LogP contribution in [-0.4, -0.2) is 32.5 Å². The first-order valence-corrected chi connectivity index (χ1v) is 12.5. The average Bonchev–Trinajstić information content (AvgIpc) is 3.48. The minimum absolute atomic E-state index is 0.354. The number of nitrogens with zero attached hydrogens (tertiary/aromatic N) is 3. The Balaban J connectivity index is 1.49. The van der Waals surface area contributed by atoms with Crippen molar-refractivity contribution >= 4 is 22.3 Å². The molecule has 178 valence electrons. The van der Waals surface area contributed by atoms with Crippen molar-refractivity contribution in [1.82, 2.24) is 19.6 Å². The molecule has 0 saturated heterocycles. The van der Waals surface area contributed by atoms with Crippen LogP contribution >= 0.6 is 0 Å². The third-order valence-corrected chi connectivity index (χ3v) is 7.52. The molecule has 5 rings (SSSR count). The summed E-state index contributed by atoms with van der Waals surface area (Å²) in [5.41, 5.74) is 6.76. The van der Waals surface area contributed by atoms with Gasteiger partial charge in [-0.05, 0) is 72.8 Å². The summed E-state index contributed by atoms with van der Waals surface area (Å²) in [6.45, 7) is 6.47. The number of ketones is 1. The monoisotopic (exact) mass is 458 g/mol. The molecule has 0 atom stereocenters. The number of fused-ring (bicyclic) bond motifs is 2. The van der Waals surface area contributed by atoms with E-state index in [1.165, 1.54) is 29.4 Å². The fraction of sp³-hybridized carbons (Fsp3) is 0.464. The van der Waals surface area contributed by atoms with Crippen molar-refractivity contribution in [2.75, 3.05) is 7.11 Å². The molecule has 1 N–H and O–H groups in total. The highest BCUT2D eigenvalue weighted by Gasteiger charge is 2.25. The van der Waals surface area contributed by atoms with Crippen molar-refractivity contribution in [3.05, 3.63) is 47.9 Å². The number of ether oxygens (including phenoxy) is 1. The van der Waals surface area contributed by atoms with E-state index in [1.807, 2.05) is 19.2 Å². The van der Waals surface area contributed by atoms with E-state index in [0.717, 1.165) is 36.0 Å². The fourth-order valence-corrected chi connectivity index (χ4v) is 5.66. The SMILES string of the molecule is CCC(=O)CC1CCC(c2ccc3[nH]c(-c4cc(OC)c5ncnn5c4)c(C(C)C)c3c2)CC1. The van der Waals surface area contributed by atoms with Crippen LogP contribution in [0.15, 0.2) is 36.8 Å². The van der Waals surface area contributed by atoms with Gasteiger partial charge in [-0.1, -0.05) is 26.8 Å². The number of benzene rings is 1. The molecule has 4 aromatic rings. The van der Waals surface area contributed by atoms with Crippen LogP contribution in [0.1, 0.15) is 82.3 Å². The number of pyridine rings is 1.